The van der Waals surface area contributed by atoms with Gasteiger partial charge in [0, 0.05) is 62.8 Å². The van der Waals surface area contributed by atoms with E-state index in [4.69, 9.17) is 0 Å². The lowest BCUT2D eigenvalue weighted by Crippen LogP contribution is -2.34. The maximum Gasteiger partial charge on any atom is 0.270 e. The van der Waals surface area contributed by atoms with Gasteiger partial charge in [-0.25, -0.2) is 9.97 Å². The Morgan fingerprint density at radius 1 is 1.16 bits per heavy atom. The van der Waals surface area contributed by atoms with Gasteiger partial charge in [-0.15, -0.1) is 0 Å². The van der Waals surface area contributed by atoms with Crippen molar-refractivity contribution in [1.82, 2.24) is 29.2 Å². The topological polar surface area (TPSA) is 68.8 Å². The van der Waals surface area contributed by atoms with Crippen LogP contribution < -0.4 is 0 Å². The minimum atomic E-state index is 0.0659. The van der Waals surface area contributed by atoms with Gasteiger partial charge < -0.3 is 9.47 Å². The maximum atomic E-state index is 12.8. The second-order valence-corrected chi connectivity index (χ2v) is 6.35. The molecule has 1 aliphatic heterocycles. The summed E-state index contributed by atoms with van der Waals surface area (Å²) in [4.78, 5) is 23.7. The molecular weight excluding hydrogens is 316 g/mol. The first-order valence-corrected chi connectivity index (χ1v) is 8.36. The second kappa shape index (κ2) is 6.16. The van der Waals surface area contributed by atoms with Crippen LogP contribution in [0.15, 0.2) is 37.1 Å². The number of nitrogens with zero attached hydrogens (tertiary/aromatic N) is 6. The van der Waals surface area contributed by atoms with Crippen LogP contribution in [0, 0.1) is 0 Å². The Morgan fingerprint density at radius 3 is 2.72 bits per heavy atom. The quantitative estimate of drug-likeness (QED) is 0.710. The van der Waals surface area contributed by atoms with E-state index in [1.807, 2.05) is 54.3 Å². The van der Waals surface area contributed by atoms with Crippen molar-refractivity contribution < 1.29 is 4.79 Å². The third-order valence-electron chi connectivity index (χ3n) is 4.71. The lowest BCUT2D eigenvalue weighted by atomic mass is 10.0. The average Bonchev–Trinajstić information content (AvgIpc) is 3.16. The molecule has 1 amide bonds. The number of hydrogen-bond donors (Lipinski definition) is 0. The molecule has 0 aliphatic carbocycles. The van der Waals surface area contributed by atoms with E-state index in [9.17, 15) is 4.79 Å². The molecule has 7 nitrogen and oxygen atoms in total. The number of aryl methyl sites for hydroxylation is 2. The van der Waals surface area contributed by atoms with Crippen LogP contribution in [0.5, 0.6) is 0 Å². The first-order valence-electron chi connectivity index (χ1n) is 8.36. The standard InChI is InChI=1S/C18H20N6O/c1-22-7-3-4-16(22)18(25)24-8-5-14-15(6-9-24)19-12-20-17(14)13-10-21-23(2)11-13/h3-4,7,10-12H,5-6,8-9H2,1-2H3. The Morgan fingerprint density at radius 2 is 2.00 bits per heavy atom. The van der Waals surface area contributed by atoms with E-state index in [0.29, 0.717) is 18.8 Å². The third kappa shape index (κ3) is 2.82. The number of hydrogen-bond acceptors (Lipinski definition) is 4. The van der Waals surface area contributed by atoms with Crippen LogP contribution in [0.1, 0.15) is 21.7 Å². The molecular formula is C18H20N6O. The number of fused-ring (bicyclic) bond motifs is 1. The zero-order chi connectivity index (χ0) is 17.4. The van der Waals surface area contributed by atoms with Gasteiger partial charge in [0.1, 0.15) is 12.0 Å². The number of amides is 1. The fraction of sp³-hybridized carbons (Fsp3) is 0.333. The molecule has 4 heterocycles. The Balaban J connectivity index is 1.62. The molecule has 3 aromatic heterocycles. The minimum absolute atomic E-state index is 0.0659. The van der Waals surface area contributed by atoms with Gasteiger partial charge in [-0.05, 0) is 18.6 Å². The Bertz CT molecular complexity index is 925. The Labute approximate surface area is 145 Å². The highest BCUT2D eigenvalue weighted by molar-refractivity contribution is 5.92. The molecule has 128 valence electrons. The van der Waals surface area contributed by atoms with Gasteiger partial charge in [0.25, 0.3) is 5.91 Å². The Kier molecular flexibility index (Phi) is 3.83. The van der Waals surface area contributed by atoms with Gasteiger partial charge in [0.05, 0.1) is 11.9 Å². The number of aromatic nitrogens is 5. The zero-order valence-corrected chi connectivity index (χ0v) is 14.4. The average molecular weight is 336 g/mol. The van der Waals surface area contributed by atoms with E-state index >= 15 is 0 Å². The molecule has 0 bridgehead atoms. The smallest absolute Gasteiger partial charge is 0.270 e. The molecule has 4 rings (SSSR count). The van der Waals surface area contributed by atoms with Gasteiger partial charge in [-0.3, -0.25) is 9.48 Å². The fourth-order valence-corrected chi connectivity index (χ4v) is 3.37. The predicted octanol–water partition coefficient (Wildman–Crippen LogP) is 1.46. The van der Waals surface area contributed by atoms with Crippen molar-refractivity contribution in [3.8, 4) is 11.3 Å². The molecule has 0 radical (unpaired) electrons. The summed E-state index contributed by atoms with van der Waals surface area (Å²) in [6.45, 7) is 1.33. The molecule has 0 spiro atoms. The van der Waals surface area contributed by atoms with Gasteiger partial charge >= 0.3 is 0 Å². The summed E-state index contributed by atoms with van der Waals surface area (Å²) < 4.78 is 3.63. The SMILES string of the molecule is Cn1cc(-c2ncnc3c2CCN(C(=O)c2cccn2C)CC3)cn1. The zero-order valence-electron chi connectivity index (χ0n) is 14.4. The number of carbonyl (C=O) groups excluding carboxylic acids is 1. The van der Waals surface area contributed by atoms with Crippen LogP contribution in [0.25, 0.3) is 11.3 Å². The summed E-state index contributed by atoms with van der Waals surface area (Å²) in [5.41, 5.74) is 4.77. The molecule has 0 fully saturated rings. The monoisotopic (exact) mass is 336 g/mol. The van der Waals surface area contributed by atoms with Crippen LogP contribution in [-0.4, -0.2) is 48.2 Å². The van der Waals surface area contributed by atoms with Crippen LogP contribution in [0.4, 0.5) is 0 Å². The maximum absolute atomic E-state index is 12.8. The van der Waals surface area contributed by atoms with Crippen molar-refractivity contribution in [2.75, 3.05) is 13.1 Å². The third-order valence-corrected chi connectivity index (χ3v) is 4.71. The van der Waals surface area contributed by atoms with E-state index in [1.165, 1.54) is 0 Å². The molecule has 0 atom stereocenters. The van der Waals surface area contributed by atoms with Crippen molar-refractivity contribution in [2.45, 2.75) is 12.8 Å². The van der Waals surface area contributed by atoms with Crippen LogP contribution in [0.3, 0.4) is 0 Å². The highest BCUT2D eigenvalue weighted by Gasteiger charge is 2.24. The summed E-state index contributed by atoms with van der Waals surface area (Å²) in [7, 11) is 3.79. The summed E-state index contributed by atoms with van der Waals surface area (Å²) in [5, 5.41) is 4.24. The van der Waals surface area contributed by atoms with Gasteiger partial charge in [-0.2, -0.15) is 5.10 Å². The Hall–Kier alpha value is -2.96. The van der Waals surface area contributed by atoms with Crippen LogP contribution in [-0.2, 0) is 26.9 Å². The molecule has 0 saturated carbocycles. The van der Waals surface area contributed by atoms with Crippen molar-refractivity contribution in [2.24, 2.45) is 14.1 Å². The summed E-state index contributed by atoms with van der Waals surface area (Å²) >= 11 is 0. The lowest BCUT2D eigenvalue weighted by molar-refractivity contribution is 0.0753. The van der Waals surface area contributed by atoms with Gasteiger partial charge in [0.2, 0.25) is 0 Å². The molecule has 3 aromatic rings. The highest BCUT2D eigenvalue weighted by Crippen LogP contribution is 2.25. The largest absolute Gasteiger partial charge is 0.347 e. The summed E-state index contributed by atoms with van der Waals surface area (Å²) in [6.07, 6.45) is 8.76. The van der Waals surface area contributed by atoms with Crippen LogP contribution in [0.2, 0.25) is 0 Å². The van der Waals surface area contributed by atoms with E-state index in [0.717, 1.165) is 35.4 Å². The van der Waals surface area contributed by atoms with E-state index in [2.05, 4.69) is 15.1 Å². The van der Waals surface area contributed by atoms with E-state index in [-0.39, 0.29) is 5.91 Å². The lowest BCUT2D eigenvalue weighted by Gasteiger charge is -2.20. The van der Waals surface area contributed by atoms with Crippen molar-refractivity contribution in [1.29, 1.82) is 0 Å². The molecule has 7 heteroatoms. The normalized spacial score (nSPS) is 14.2. The van der Waals surface area contributed by atoms with Gasteiger partial charge in [-0.1, -0.05) is 0 Å². The minimum Gasteiger partial charge on any atom is -0.347 e. The first-order chi connectivity index (χ1) is 12.1. The molecule has 25 heavy (non-hydrogen) atoms. The second-order valence-electron chi connectivity index (χ2n) is 6.35. The summed E-state index contributed by atoms with van der Waals surface area (Å²) in [6, 6.07) is 3.76. The van der Waals surface area contributed by atoms with E-state index < -0.39 is 0 Å². The molecule has 1 aliphatic rings. The van der Waals surface area contributed by atoms with Crippen molar-refractivity contribution in [3.05, 3.63) is 54.0 Å². The summed E-state index contributed by atoms with van der Waals surface area (Å²) in [5.74, 6) is 0.0659. The first kappa shape index (κ1) is 15.6. The number of rotatable bonds is 2. The molecule has 0 aromatic carbocycles. The number of carbonyl (C=O) groups is 1. The molecule has 0 N–H and O–H groups in total. The van der Waals surface area contributed by atoms with Crippen molar-refractivity contribution in [3.63, 3.8) is 0 Å². The van der Waals surface area contributed by atoms with Crippen molar-refractivity contribution >= 4 is 5.91 Å². The molecule has 0 saturated heterocycles. The fourth-order valence-electron chi connectivity index (χ4n) is 3.37. The van der Waals surface area contributed by atoms with Gasteiger partial charge in [0.15, 0.2) is 0 Å². The van der Waals surface area contributed by atoms with E-state index in [1.54, 1.807) is 11.0 Å². The molecule has 0 unspecified atom stereocenters. The highest BCUT2D eigenvalue weighted by atomic mass is 16.2. The predicted molar refractivity (Wildman–Crippen MR) is 93.0 cm³/mol. The van der Waals surface area contributed by atoms with Crippen LogP contribution >= 0.6 is 0 Å².